The molecule has 0 aliphatic rings. The van der Waals surface area contributed by atoms with E-state index >= 15 is 0 Å². The normalized spacial score (nSPS) is 12.7. The Labute approximate surface area is 95.1 Å². The van der Waals surface area contributed by atoms with E-state index in [1.165, 1.54) is 4.88 Å². The lowest BCUT2D eigenvalue weighted by Crippen LogP contribution is -2.25. The molecule has 0 fully saturated rings. The van der Waals surface area contributed by atoms with Gasteiger partial charge in [0.1, 0.15) is 0 Å². The van der Waals surface area contributed by atoms with Gasteiger partial charge in [0.25, 0.3) is 0 Å². The van der Waals surface area contributed by atoms with Gasteiger partial charge in [-0.2, -0.15) is 0 Å². The lowest BCUT2D eigenvalue weighted by atomic mass is 10.2. The largest absolute Gasteiger partial charge is 0.487 e. The maximum atomic E-state index is 9.49. The van der Waals surface area contributed by atoms with Crippen molar-refractivity contribution in [3.63, 3.8) is 0 Å². The third kappa shape index (κ3) is 4.64. The maximum absolute atomic E-state index is 9.49. The van der Waals surface area contributed by atoms with Crippen molar-refractivity contribution in [1.29, 1.82) is 0 Å². The quantitative estimate of drug-likeness (QED) is 0.751. The Morgan fingerprint density at radius 2 is 2.33 bits per heavy atom. The number of hydrogen-bond donors (Lipinski definition) is 2. The molecular weight excluding hydrogens is 210 g/mol. The molecule has 4 heteroatoms. The molecule has 0 aliphatic heterocycles. The zero-order valence-corrected chi connectivity index (χ0v) is 10.1. The van der Waals surface area contributed by atoms with Crippen LogP contribution < -0.4 is 10.1 Å². The van der Waals surface area contributed by atoms with Gasteiger partial charge >= 0.3 is 0 Å². The molecule has 0 bridgehead atoms. The fraction of sp³-hybridized carbons (Fsp3) is 0.636. The Kier molecular flexibility index (Phi) is 5.68. The van der Waals surface area contributed by atoms with Gasteiger partial charge in [0, 0.05) is 18.0 Å². The third-order valence-corrected chi connectivity index (χ3v) is 3.19. The van der Waals surface area contributed by atoms with Crippen LogP contribution in [0.2, 0.25) is 0 Å². The van der Waals surface area contributed by atoms with E-state index in [0.717, 1.165) is 24.4 Å². The van der Waals surface area contributed by atoms with E-state index in [-0.39, 0.29) is 6.10 Å². The number of methoxy groups -OCH3 is 1. The molecular formula is C11H19NO2S. The summed E-state index contributed by atoms with van der Waals surface area (Å²) in [7, 11) is 1.67. The highest BCUT2D eigenvalue weighted by atomic mass is 32.1. The minimum atomic E-state index is -0.225. The van der Waals surface area contributed by atoms with Crippen LogP contribution in [0.5, 0.6) is 5.06 Å². The van der Waals surface area contributed by atoms with Gasteiger partial charge in [-0.05, 0) is 18.6 Å². The highest BCUT2D eigenvalue weighted by Gasteiger charge is 2.03. The van der Waals surface area contributed by atoms with E-state index in [2.05, 4.69) is 12.2 Å². The lowest BCUT2D eigenvalue weighted by molar-refractivity contribution is 0.160. The highest BCUT2D eigenvalue weighted by molar-refractivity contribution is 7.13. The van der Waals surface area contributed by atoms with Crippen LogP contribution in [0, 0.1) is 0 Å². The fourth-order valence-corrected chi connectivity index (χ4v) is 2.15. The second-order valence-corrected chi connectivity index (χ2v) is 4.63. The summed E-state index contributed by atoms with van der Waals surface area (Å²) in [6, 6.07) is 4.01. The van der Waals surface area contributed by atoms with E-state index in [9.17, 15) is 5.11 Å². The Hall–Kier alpha value is -0.580. The van der Waals surface area contributed by atoms with Crippen LogP contribution in [0.1, 0.15) is 24.6 Å². The average Bonchev–Trinajstić information content (AvgIpc) is 2.66. The van der Waals surface area contributed by atoms with E-state index in [0.29, 0.717) is 6.54 Å². The Bertz CT molecular complexity index is 275. The molecule has 1 unspecified atom stereocenters. The average molecular weight is 229 g/mol. The number of nitrogens with one attached hydrogen (secondary N) is 1. The van der Waals surface area contributed by atoms with Gasteiger partial charge in [-0.3, -0.25) is 0 Å². The molecule has 1 heterocycles. The lowest BCUT2D eigenvalue weighted by Gasteiger charge is -2.09. The zero-order chi connectivity index (χ0) is 11.1. The van der Waals surface area contributed by atoms with Crippen LogP contribution in [0.15, 0.2) is 12.1 Å². The van der Waals surface area contributed by atoms with Crippen LogP contribution in [-0.2, 0) is 6.54 Å². The summed E-state index contributed by atoms with van der Waals surface area (Å²) in [5.41, 5.74) is 0. The van der Waals surface area contributed by atoms with E-state index in [4.69, 9.17) is 4.74 Å². The van der Waals surface area contributed by atoms with Crippen molar-refractivity contribution in [2.45, 2.75) is 32.4 Å². The van der Waals surface area contributed by atoms with Gasteiger partial charge in [-0.25, -0.2) is 0 Å². The second-order valence-electron chi connectivity index (χ2n) is 3.50. The second kappa shape index (κ2) is 6.82. The van der Waals surface area contributed by atoms with Crippen molar-refractivity contribution in [3.8, 4) is 5.06 Å². The number of hydrogen-bond acceptors (Lipinski definition) is 4. The van der Waals surface area contributed by atoms with Gasteiger partial charge in [0.05, 0.1) is 13.2 Å². The topological polar surface area (TPSA) is 41.5 Å². The molecule has 1 atom stereocenters. The molecule has 0 amide bonds. The molecule has 0 aromatic carbocycles. The van der Waals surface area contributed by atoms with Gasteiger partial charge in [-0.15, -0.1) is 11.3 Å². The number of rotatable bonds is 7. The minimum Gasteiger partial charge on any atom is -0.487 e. The van der Waals surface area contributed by atoms with Crippen LogP contribution in [0.25, 0.3) is 0 Å². The number of ether oxygens (including phenoxy) is 1. The summed E-state index contributed by atoms with van der Waals surface area (Å²) in [4.78, 5) is 1.23. The van der Waals surface area contributed by atoms with Crippen molar-refractivity contribution in [3.05, 3.63) is 17.0 Å². The van der Waals surface area contributed by atoms with E-state index in [1.54, 1.807) is 18.4 Å². The first-order valence-electron chi connectivity index (χ1n) is 5.27. The molecule has 1 aromatic heterocycles. The first-order chi connectivity index (χ1) is 7.26. The molecule has 0 aliphatic carbocycles. The molecule has 1 aromatic rings. The van der Waals surface area contributed by atoms with Gasteiger partial charge in [0.2, 0.25) is 0 Å². The molecule has 3 nitrogen and oxygen atoms in total. The number of thiophene rings is 1. The summed E-state index contributed by atoms with van der Waals surface area (Å²) < 4.78 is 5.10. The monoisotopic (exact) mass is 229 g/mol. The molecule has 0 spiro atoms. The molecule has 0 saturated carbocycles. The van der Waals surface area contributed by atoms with E-state index in [1.807, 2.05) is 12.1 Å². The summed E-state index contributed by atoms with van der Waals surface area (Å²) >= 11 is 1.63. The minimum absolute atomic E-state index is 0.225. The number of aliphatic hydroxyl groups is 1. The predicted octanol–water partition coefficient (Wildman–Crippen LogP) is 2.01. The summed E-state index contributed by atoms with van der Waals surface area (Å²) in [5.74, 6) is 0. The van der Waals surface area contributed by atoms with Gasteiger partial charge in [-0.1, -0.05) is 13.3 Å². The van der Waals surface area contributed by atoms with Crippen molar-refractivity contribution in [2.75, 3.05) is 13.7 Å². The fourth-order valence-electron chi connectivity index (χ4n) is 1.36. The van der Waals surface area contributed by atoms with Gasteiger partial charge < -0.3 is 15.2 Å². The Morgan fingerprint density at radius 1 is 1.53 bits per heavy atom. The van der Waals surface area contributed by atoms with Crippen molar-refractivity contribution in [1.82, 2.24) is 5.32 Å². The van der Waals surface area contributed by atoms with Crippen LogP contribution in [-0.4, -0.2) is 24.9 Å². The number of aliphatic hydroxyl groups excluding tert-OH is 1. The first-order valence-corrected chi connectivity index (χ1v) is 6.09. The van der Waals surface area contributed by atoms with Crippen molar-refractivity contribution < 1.29 is 9.84 Å². The Morgan fingerprint density at radius 3 is 2.93 bits per heavy atom. The van der Waals surface area contributed by atoms with E-state index < -0.39 is 0 Å². The smallest absolute Gasteiger partial charge is 0.173 e. The first kappa shape index (κ1) is 12.5. The molecule has 15 heavy (non-hydrogen) atoms. The van der Waals surface area contributed by atoms with Crippen molar-refractivity contribution in [2.24, 2.45) is 0 Å². The molecule has 0 saturated heterocycles. The summed E-state index contributed by atoms with van der Waals surface area (Å²) in [6.45, 7) is 3.54. The zero-order valence-electron chi connectivity index (χ0n) is 9.32. The van der Waals surface area contributed by atoms with Crippen LogP contribution in [0.3, 0.4) is 0 Å². The molecule has 0 radical (unpaired) electrons. The molecule has 2 N–H and O–H groups in total. The maximum Gasteiger partial charge on any atom is 0.173 e. The standard InChI is InChI=1S/C11H19NO2S/c1-3-4-9(13)7-12-8-10-5-6-11(14-2)15-10/h5-6,9,12-13H,3-4,7-8H2,1-2H3. The summed E-state index contributed by atoms with van der Waals surface area (Å²) in [5, 5.41) is 13.7. The highest BCUT2D eigenvalue weighted by Crippen LogP contribution is 2.23. The predicted molar refractivity (Wildman–Crippen MR) is 63.5 cm³/mol. The third-order valence-electron chi connectivity index (χ3n) is 2.14. The van der Waals surface area contributed by atoms with Crippen LogP contribution >= 0.6 is 11.3 Å². The SMILES string of the molecule is CCCC(O)CNCc1ccc(OC)s1. The Balaban J connectivity index is 2.19. The summed E-state index contributed by atoms with van der Waals surface area (Å²) in [6.07, 6.45) is 1.66. The van der Waals surface area contributed by atoms with Crippen LogP contribution in [0.4, 0.5) is 0 Å². The molecule has 1 rings (SSSR count). The van der Waals surface area contributed by atoms with Gasteiger partial charge in [0.15, 0.2) is 5.06 Å². The molecule has 86 valence electrons. The van der Waals surface area contributed by atoms with Crippen molar-refractivity contribution >= 4 is 11.3 Å².